The summed E-state index contributed by atoms with van der Waals surface area (Å²) in [6.07, 6.45) is -0.633. The Morgan fingerprint density at radius 2 is 1.76 bits per heavy atom. The van der Waals surface area contributed by atoms with E-state index in [1.54, 1.807) is 41.0 Å². The number of fused-ring (bicyclic) bond motifs is 2. The van der Waals surface area contributed by atoms with Crippen LogP contribution in [0.1, 0.15) is 27.2 Å². The van der Waals surface area contributed by atoms with Crippen LogP contribution < -0.4 is 14.2 Å². The van der Waals surface area contributed by atoms with Gasteiger partial charge >= 0.3 is 5.97 Å². The van der Waals surface area contributed by atoms with E-state index in [9.17, 15) is 14.7 Å². The average Bonchev–Trinajstić information content (AvgIpc) is 3.39. The number of carbonyl (C=O) groups is 2. The van der Waals surface area contributed by atoms with Crippen LogP contribution in [0.3, 0.4) is 0 Å². The third kappa shape index (κ3) is 3.96. The lowest BCUT2D eigenvalue weighted by molar-refractivity contribution is -0.136. The Kier molecular flexibility index (Phi) is 5.45. The van der Waals surface area contributed by atoms with E-state index in [0.717, 1.165) is 22.4 Å². The number of rotatable bonds is 6. The molecular weight excluding hydrogens is 434 g/mol. The van der Waals surface area contributed by atoms with Crippen LogP contribution in [0.2, 0.25) is 0 Å². The molecule has 4 aromatic rings. The number of aryl methyl sites for hydroxylation is 2. The van der Waals surface area contributed by atoms with Crippen LogP contribution in [0.15, 0.2) is 66.7 Å². The number of hydrogen-bond acceptors (Lipinski definition) is 5. The van der Waals surface area contributed by atoms with Crippen molar-refractivity contribution in [3.63, 3.8) is 0 Å². The van der Waals surface area contributed by atoms with E-state index < -0.39 is 12.3 Å². The lowest BCUT2D eigenvalue weighted by Crippen LogP contribution is -2.26. The maximum Gasteiger partial charge on any atom is 0.307 e. The number of aromatic nitrogens is 1. The fourth-order valence-corrected chi connectivity index (χ4v) is 4.23. The van der Waals surface area contributed by atoms with Gasteiger partial charge in [-0.05, 0) is 67.4 Å². The summed E-state index contributed by atoms with van der Waals surface area (Å²) in [5.41, 5.74) is 3.60. The molecular formula is C27H23NO6. The maximum atomic E-state index is 13.3. The van der Waals surface area contributed by atoms with Gasteiger partial charge in [0.2, 0.25) is 0 Å². The van der Waals surface area contributed by atoms with Gasteiger partial charge in [0.1, 0.15) is 5.75 Å². The molecule has 0 radical (unpaired) electrons. The number of carboxylic acid groups (broad SMARTS) is 1. The Labute approximate surface area is 196 Å². The number of carbonyl (C=O) groups excluding carboxylic acids is 1. The summed E-state index contributed by atoms with van der Waals surface area (Å²) in [7, 11) is 0. The molecule has 7 heteroatoms. The molecule has 172 valence electrons. The third-order valence-electron chi connectivity index (χ3n) is 5.84. The normalized spacial score (nSPS) is 14.4. The molecule has 1 unspecified atom stereocenters. The van der Waals surface area contributed by atoms with Crippen molar-refractivity contribution in [1.82, 2.24) is 4.57 Å². The molecule has 0 amide bonds. The first-order valence-electron chi connectivity index (χ1n) is 10.9. The first-order chi connectivity index (χ1) is 16.4. The van der Waals surface area contributed by atoms with Crippen LogP contribution in [0, 0.1) is 13.8 Å². The monoisotopic (exact) mass is 457 g/mol. The zero-order chi connectivity index (χ0) is 23.8. The van der Waals surface area contributed by atoms with Gasteiger partial charge in [-0.3, -0.25) is 14.2 Å². The highest BCUT2D eigenvalue weighted by Crippen LogP contribution is 2.37. The smallest absolute Gasteiger partial charge is 0.307 e. The van der Waals surface area contributed by atoms with Crippen molar-refractivity contribution < 1.29 is 28.9 Å². The molecule has 1 aliphatic rings. The van der Waals surface area contributed by atoms with Gasteiger partial charge in [-0.15, -0.1) is 0 Å². The Balaban J connectivity index is 1.30. The maximum absolute atomic E-state index is 13.3. The van der Waals surface area contributed by atoms with Crippen molar-refractivity contribution in [2.45, 2.75) is 26.6 Å². The average molecular weight is 457 g/mol. The largest absolute Gasteiger partial charge is 0.486 e. The second-order valence-corrected chi connectivity index (χ2v) is 8.25. The predicted octanol–water partition coefficient (Wildman–Crippen LogP) is 4.75. The van der Waals surface area contributed by atoms with Gasteiger partial charge < -0.3 is 19.3 Å². The van der Waals surface area contributed by atoms with E-state index in [2.05, 4.69) is 0 Å². The van der Waals surface area contributed by atoms with Crippen molar-refractivity contribution >= 4 is 22.8 Å². The molecule has 0 aliphatic carbocycles. The minimum absolute atomic E-state index is 0.0971. The van der Waals surface area contributed by atoms with Gasteiger partial charge in [-0.2, -0.15) is 0 Å². The van der Waals surface area contributed by atoms with Gasteiger partial charge in [0.15, 0.2) is 18.1 Å². The highest BCUT2D eigenvalue weighted by Gasteiger charge is 2.26. The number of hydrogen-bond donors (Lipinski definition) is 1. The van der Waals surface area contributed by atoms with E-state index in [4.69, 9.17) is 14.2 Å². The quantitative estimate of drug-likeness (QED) is 0.450. The summed E-state index contributed by atoms with van der Waals surface area (Å²) >= 11 is 0. The molecule has 1 N–H and O–H groups in total. The number of aliphatic carboxylic acids is 1. The molecule has 0 bridgehead atoms. The standard InChI is InChI=1S/C27H23NO6/c1-16-5-3-8-23-26(16)34-25(33-23)15-32-20-11-9-18(10-12-20)27(31)28-17(2)13-21-19(14-24(29)30)6-4-7-22(21)28/h3-13,25H,14-15H2,1-2H3,(H,29,30). The van der Waals surface area contributed by atoms with Crippen molar-refractivity contribution in [2.75, 3.05) is 6.61 Å². The number of para-hydroxylation sites is 1. The summed E-state index contributed by atoms with van der Waals surface area (Å²) in [4.78, 5) is 24.5. The minimum Gasteiger partial charge on any atom is -0.486 e. The number of carboxylic acids is 1. The molecule has 0 spiro atoms. The minimum atomic E-state index is -0.910. The van der Waals surface area contributed by atoms with Crippen LogP contribution in [-0.2, 0) is 11.2 Å². The van der Waals surface area contributed by atoms with Crippen LogP contribution >= 0.6 is 0 Å². The van der Waals surface area contributed by atoms with Crippen LogP contribution in [-0.4, -0.2) is 34.4 Å². The molecule has 34 heavy (non-hydrogen) atoms. The predicted molar refractivity (Wildman–Crippen MR) is 126 cm³/mol. The summed E-state index contributed by atoms with van der Waals surface area (Å²) in [5, 5.41) is 9.95. The molecule has 1 aromatic heterocycles. The summed E-state index contributed by atoms with van der Waals surface area (Å²) in [5.74, 6) is 0.926. The summed E-state index contributed by atoms with van der Waals surface area (Å²) in [6.45, 7) is 4.00. The molecule has 1 atom stereocenters. The molecule has 5 rings (SSSR count). The lowest BCUT2D eigenvalue weighted by Gasteiger charge is -2.13. The number of benzene rings is 3. The summed E-state index contributed by atoms with van der Waals surface area (Å²) < 4.78 is 19.0. The molecule has 1 aliphatic heterocycles. The molecule has 3 aromatic carbocycles. The highest BCUT2D eigenvalue weighted by molar-refractivity contribution is 6.04. The number of ether oxygens (including phenoxy) is 3. The topological polar surface area (TPSA) is 87.0 Å². The Bertz CT molecular complexity index is 1400. The second kappa shape index (κ2) is 8.59. The highest BCUT2D eigenvalue weighted by atomic mass is 16.7. The zero-order valence-electron chi connectivity index (χ0n) is 18.8. The van der Waals surface area contributed by atoms with Gasteiger partial charge in [-0.25, -0.2) is 0 Å². The van der Waals surface area contributed by atoms with Gasteiger partial charge in [0, 0.05) is 16.6 Å². The summed E-state index contributed by atoms with van der Waals surface area (Å²) in [6, 6.07) is 19.8. The molecule has 0 saturated carbocycles. The van der Waals surface area contributed by atoms with Crippen molar-refractivity contribution in [3.05, 3.63) is 89.1 Å². The van der Waals surface area contributed by atoms with Crippen molar-refractivity contribution in [1.29, 1.82) is 0 Å². The van der Waals surface area contributed by atoms with Gasteiger partial charge in [0.05, 0.1) is 11.9 Å². The second-order valence-electron chi connectivity index (χ2n) is 8.25. The first kappa shape index (κ1) is 21.6. The van der Waals surface area contributed by atoms with E-state index in [0.29, 0.717) is 28.1 Å². The first-order valence-corrected chi connectivity index (χ1v) is 10.9. The Morgan fingerprint density at radius 1 is 1.00 bits per heavy atom. The molecule has 0 saturated heterocycles. The Hall–Kier alpha value is -4.26. The molecule has 0 fully saturated rings. The SMILES string of the molecule is Cc1cccc2c1OC(COc1ccc(C(=O)n3c(C)cc4c(CC(=O)O)cccc43)cc1)O2. The van der Waals surface area contributed by atoms with Crippen molar-refractivity contribution in [2.24, 2.45) is 0 Å². The van der Waals surface area contributed by atoms with Crippen LogP contribution in [0.5, 0.6) is 17.2 Å². The lowest BCUT2D eigenvalue weighted by atomic mass is 10.1. The molecule has 7 nitrogen and oxygen atoms in total. The van der Waals surface area contributed by atoms with E-state index in [1.165, 1.54) is 0 Å². The third-order valence-corrected chi connectivity index (χ3v) is 5.84. The van der Waals surface area contributed by atoms with Gasteiger partial charge in [0.25, 0.3) is 12.2 Å². The van der Waals surface area contributed by atoms with Crippen LogP contribution in [0.25, 0.3) is 10.9 Å². The van der Waals surface area contributed by atoms with Crippen molar-refractivity contribution in [3.8, 4) is 17.2 Å². The zero-order valence-corrected chi connectivity index (χ0v) is 18.8. The molecule has 2 heterocycles. The number of nitrogens with zero attached hydrogens (tertiary/aromatic N) is 1. The van der Waals surface area contributed by atoms with E-state index in [1.807, 2.05) is 44.2 Å². The fourth-order valence-electron chi connectivity index (χ4n) is 4.23. The van der Waals surface area contributed by atoms with E-state index >= 15 is 0 Å². The fraction of sp³-hybridized carbons (Fsp3) is 0.185. The van der Waals surface area contributed by atoms with E-state index in [-0.39, 0.29) is 18.9 Å². The van der Waals surface area contributed by atoms with Gasteiger partial charge in [-0.1, -0.05) is 24.3 Å². The van der Waals surface area contributed by atoms with Crippen LogP contribution in [0.4, 0.5) is 0 Å². The Morgan fingerprint density at radius 3 is 2.50 bits per heavy atom.